The second-order valence-corrected chi connectivity index (χ2v) is 5.46. The molecule has 6 heteroatoms. The summed E-state index contributed by atoms with van der Waals surface area (Å²) in [5.74, 6) is -0.491. The highest BCUT2D eigenvalue weighted by Crippen LogP contribution is 2.17. The lowest BCUT2D eigenvalue weighted by molar-refractivity contribution is -0.138. The third-order valence-electron chi connectivity index (χ3n) is 2.96. The highest BCUT2D eigenvalue weighted by molar-refractivity contribution is 6.30. The lowest BCUT2D eigenvalue weighted by Crippen LogP contribution is -2.32. The number of hydrogen-bond acceptors (Lipinski definition) is 3. The summed E-state index contributed by atoms with van der Waals surface area (Å²) in [6.07, 6.45) is 0.221. The van der Waals surface area contributed by atoms with Crippen molar-refractivity contribution >= 4 is 23.5 Å². The molecule has 0 saturated heterocycles. The average molecular weight is 314 g/mol. The van der Waals surface area contributed by atoms with Crippen LogP contribution in [0.2, 0.25) is 5.02 Å². The molecule has 21 heavy (non-hydrogen) atoms. The van der Waals surface area contributed by atoms with E-state index in [4.69, 9.17) is 21.4 Å². The van der Waals surface area contributed by atoms with E-state index < -0.39 is 5.97 Å². The summed E-state index contributed by atoms with van der Waals surface area (Å²) in [6.45, 7) is 2.54. The maximum atomic E-state index is 11.9. The zero-order valence-electron chi connectivity index (χ0n) is 12.2. The van der Waals surface area contributed by atoms with Crippen molar-refractivity contribution in [1.29, 1.82) is 0 Å². The van der Waals surface area contributed by atoms with Crippen molar-refractivity contribution in [2.45, 2.75) is 19.8 Å². The van der Waals surface area contributed by atoms with Gasteiger partial charge in [-0.1, -0.05) is 24.6 Å². The van der Waals surface area contributed by atoms with Gasteiger partial charge in [-0.25, -0.2) is 0 Å². The summed E-state index contributed by atoms with van der Waals surface area (Å²) < 4.78 is 5.50. The molecule has 0 fully saturated rings. The van der Waals surface area contributed by atoms with Gasteiger partial charge in [0, 0.05) is 24.9 Å². The molecular weight excluding hydrogens is 294 g/mol. The summed E-state index contributed by atoms with van der Waals surface area (Å²) >= 11 is 5.84. The van der Waals surface area contributed by atoms with Crippen molar-refractivity contribution in [3.63, 3.8) is 0 Å². The van der Waals surface area contributed by atoms with Crippen molar-refractivity contribution in [2.75, 3.05) is 20.2 Å². The van der Waals surface area contributed by atoms with Gasteiger partial charge in [0.05, 0.1) is 6.54 Å². The Hall–Kier alpha value is -1.75. The van der Waals surface area contributed by atoms with Gasteiger partial charge in [-0.2, -0.15) is 0 Å². The number of carbonyl (C=O) groups excluding carboxylic acids is 1. The molecule has 0 bridgehead atoms. The molecule has 1 unspecified atom stereocenters. The largest absolute Gasteiger partial charge is 0.492 e. The topological polar surface area (TPSA) is 66.8 Å². The molecule has 1 aromatic carbocycles. The van der Waals surface area contributed by atoms with Gasteiger partial charge in [0.1, 0.15) is 12.4 Å². The van der Waals surface area contributed by atoms with Crippen molar-refractivity contribution in [3.8, 4) is 5.75 Å². The molecule has 0 saturated carbocycles. The van der Waals surface area contributed by atoms with Gasteiger partial charge in [-0.3, -0.25) is 9.59 Å². The van der Waals surface area contributed by atoms with E-state index in [1.807, 2.05) is 0 Å². The molecule has 0 radical (unpaired) electrons. The first kappa shape index (κ1) is 17.3. The van der Waals surface area contributed by atoms with Crippen LogP contribution in [0.5, 0.6) is 5.75 Å². The van der Waals surface area contributed by atoms with Crippen molar-refractivity contribution < 1.29 is 19.4 Å². The summed E-state index contributed by atoms with van der Waals surface area (Å²) in [6, 6.07) is 7.05. The van der Waals surface area contributed by atoms with E-state index in [1.165, 1.54) is 0 Å². The third-order valence-corrected chi connectivity index (χ3v) is 3.20. The number of hydrogen-bond donors (Lipinski definition) is 1. The van der Waals surface area contributed by atoms with Crippen LogP contribution in [0.1, 0.15) is 19.8 Å². The molecule has 1 rings (SSSR count). The molecule has 1 aromatic rings. The minimum absolute atomic E-state index is 0.00139. The molecule has 1 amide bonds. The fraction of sp³-hybridized carbons (Fsp3) is 0.467. The van der Waals surface area contributed by atoms with Crippen LogP contribution >= 0.6 is 11.6 Å². The van der Waals surface area contributed by atoms with Crippen LogP contribution in [-0.2, 0) is 9.59 Å². The first-order chi connectivity index (χ1) is 9.88. The van der Waals surface area contributed by atoms with E-state index in [-0.39, 0.29) is 24.7 Å². The molecule has 0 aliphatic heterocycles. The normalized spacial score (nSPS) is 11.8. The van der Waals surface area contributed by atoms with Crippen LogP contribution < -0.4 is 4.74 Å². The van der Waals surface area contributed by atoms with E-state index in [9.17, 15) is 9.59 Å². The van der Waals surface area contributed by atoms with Crippen molar-refractivity contribution in [2.24, 2.45) is 5.92 Å². The Morgan fingerprint density at radius 2 is 2.10 bits per heavy atom. The number of benzene rings is 1. The molecule has 0 aliphatic carbocycles. The molecule has 0 heterocycles. The number of carboxylic acid groups (broad SMARTS) is 1. The molecule has 0 aliphatic rings. The fourth-order valence-corrected chi connectivity index (χ4v) is 1.99. The number of carboxylic acids is 1. The Kier molecular flexibility index (Phi) is 7.02. The first-order valence-corrected chi connectivity index (χ1v) is 7.10. The van der Waals surface area contributed by atoms with Crippen molar-refractivity contribution in [3.05, 3.63) is 29.3 Å². The SMILES string of the molecule is CC(CC(=O)O)CC(=O)N(C)CCOc1cccc(Cl)c1. The first-order valence-electron chi connectivity index (χ1n) is 6.72. The van der Waals surface area contributed by atoms with Gasteiger partial charge >= 0.3 is 5.97 Å². The van der Waals surface area contributed by atoms with E-state index in [0.29, 0.717) is 23.9 Å². The number of halogens is 1. The third kappa shape index (κ3) is 6.99. The number of carbonyl (C=O) groups is 2. The molecule has 1 atom stereocenters. The van der Waals surface area contributed by atoms with E-state index >= 15 is 0 Å². The average Bonchev–Trinajstić information content (AvgIpc) is 2.37. The Bertz CT molecular complexity index is 492. The molecular formula is C15H20ClNO4. The lowest BCUT2D eigenvalue weighted by Gasteiger charge is -2.19. The van der Waals surface area contributed by atoms with E-state index in [1.54, 1.807) is 43.1 Å². The van der Waals surface area contributed by atoms with Crippen LogP contribution in [0.3, 0.4) is 0 Å². The number of ether oxygens (including phenoxy) is 1. The summed E-state index contributed by atoms with van der Waals surface area (Å²) in [5, 5.41) is 9.27. The number of amides is 1. The highest BCUT2D eigenvalue weighted by atomic mass is 35.5. The minimum Gasteiger partial charge on any atom is -0.492 e. The molecule has 5 nitrogen and oxygen atoms in total. The number of likely N-dealkylation sites (N-methyl/N-ethyl adjacent to an activating group) is 1. The van der Waals surface area contributed by atoms with Crippen LogP contribution in [0, 0.1) is 5.92 Å². The van der Waals surface area contributed by atoms with Crippen LogP contribution in [-0.4, -0.2) is 42.1 Å². The Balaban J connectivity index is 2.31. The lowest BCUT2D eigenvalue weighted by atomic mass is 10.0. The fourth-order valence-electron chi connectivity index (χ4n) is 1.81. The minimum atomic E-state index is -0.887. The zero-order chi connectivity index (χ0) is 15.8. The van der Waals surface area contributed by atoms with Crippen LogP contribution in [0.15, 0.2) is 24.3 Å². The van der Waals surface area contributed by atoms with Gasteiger partial charge in [0.15, 0.2) is 0 Å². The van der Waals surface area contributed by atoms with Crippen LogP contribution in [0.4, 0.5) is 0 Å². The molecule has 0 spiro atoms. The van der Waals surface area contributed by atoms with Gasteiger partial charge < -0.3 is 14.7 Å². The quantitative estimate of drug-likeness (QED) is 0.801. The monoisotopic (exact) mass is 313 g/mol. The number of aliphatic carboxylic acids is 1. The standard InChI is InChI=1S/C15H20ClNO4/c1-11(9-15(19)20)8-14(18)17(2)6-7-21-13-5-3-4-12(16)10-13/h3-5,10-11H,6-9H2,1-2H3,(H,19,20). The predicted molar refractivity (Wildman–Crippen MR) is 80.6 cm³/mol. The maximum Gasteiger partial charge on any atom is 0.303 e. The maximum absolute atomic E-state index is 11.9. The number of rotatable bonds is 8. The Morgan fingerprint density at radius 3 is 2.71 bits per heavy atom. The second-order valence-electron chi connectivity index (χ2n) is 5.03. The highest BCUT2D eigenvalue weighted by Gasteiger charge is 2.15. The predicted octanol–water partition coefficient (Wildman–Crippen LogP) is 2.68. The molecule has 116 valence electrons. The van der Waals surface area contributed by atoms with E-state index in [0.717, 1.165) is 0 Å². The van der Waals surface area contributed by atoms with Gasteiger partial charge in [-0.05, 0) is 24.1 Å². The number of nitrogens with zero attached hydrogens (tertiary/aromatic N) is 1. The molecule has 1 N–H and O–H groups in total. The summed E-state index contributed by atoms with van der Waals surface area (Å²) in [4.78, 5) is 24.0. The Labute approximate surface area is 129 Å². The second kappa shape index (κ2) is 8.52. The van der Waals surface area contributed by atoms with Gasteiger partial charge in [-0.15, -0.1) is 0 Å². The summed E-state index contributed by atoms with van der Waals surface area (Å²) in [7, 11) is 1.68. The zero-order valence-corrected chi connectivity index (χ0v) is 13.0. The summed E-state index contributed by atoms with van der Waals surface area (Å²) in [5.41, 5.74) is 0. The smallest absolute Gasteiger partial charge is 0.303 e. The van der Waals surface area contributed by atoms with Gasteiger partial charge in [0.2, 0.25) is 5.91 Å². The Morgan fingerprint density at radius 1 is 1.38 bits per heavy atom. The van der Waals surface area contributed by atoms with Crippen molar-refractivity contribution in [1.82, 2.24) is 4.90 Å². The van der Waals surface area contributed by atoms with E-state index in [2.05, 4.69) is 0 Å². The van der Waals surface area contributed by atoms with Crippen LogP contribution in [0.25, 0.3) is 0 Å². The van der Waals surface area contributed by atoms with Gasteiger partial charge in [0.25, 0.3) is 0 Å². The molecule has 0 aromatic heterocycles.